The molecule has 0 aliphatic carbocycles. The molecule has 2 rings (SSSR count). The molecule has 0 spiro atoms. The smallest absolute Gasteiger partial charge is 0.0750 e. The molecule has 1 saturated heterocycles. The summed E-state index contributed by atoms with van der Waals surface area (Å²) in [5.41, 5.74) is 2.10. The average Bonchev–Trinajstić information content (AvgIpc) is 2.81. The number of likely N-dealkylation sites (N-methyl/N-ethyl adjacent to an activating group) is 1. The molecule has 4 heteroatoms. The average molecular weight is 274 g/mol. The van der Waals surface area contributed by atoms with Crippen molar-refractivity contribution in [3.05, 3.63) is 28.8 Å². The van der Waals surface area contributed by atoms with E-state index in [0.29, 0.717) is 12.0 Å². The first-order valence-corrected chi connectivity index (χ1v) is 6.79. The zero-order valence-electron chi connectivity index (χ0n) is 9.96. The monoisotopic (exact) mass is 273 g/mol. The molecule has 1 unspecified atom stereocenters. The van der Waals surface area contributed by atoms with Crippen LogP contribution < -0.4 is 4.90 Å². The maximum Gasteiger partial charge on any atom is 0.0750 e. The highest BCUT2D eigenvalue weighted by molar-refractivity contribution is 6.32. The molecular formula is C13H17Cl2NO. The Labute approximate surface area is 112 Å². The second-order valence-electron chi connectivity index (χ2n) is 4.39. The van der Waals surface area contributed by atoms with E-state index in [-0.39, 0.29) is 0 Å². The summed E-state index contributed by atoms with van der Waals surface area (Å²) in [4.78, 5) is 2.18. The number of nitrogens with zero attached hydrogens (tertiary/aromatic N) is 1. The minimum atomic E-state index is 0.335. The molecule has 0 N–H and O–H groups in total. The lowest BCUT2D eigenvalue weighted by molar-refractivity contribution is 0.116. The van der Waals surface area contributed by atoms with Crippen LogP contribution in [0.25, 0.3) is 0 Å². The molecule has 0 saturated carbocycles. The summed E-state index contributed by atoms with van der Waals surface area (Å²) in [6.07, 6.45) is 2.64. The highest BCUT2D eigenvalue weighted by atomic mass is 35.5. The number of ether oxygens (including phenoxy) is 1. The Morgan fingerprint density at radius 2 is 2.29 bits per heavy atom. The molecule has 1 aromatic carbocycles. The van der Waals surface area contributed by atoms with Gasteiger partial charge >= 0.3 is 0 Å². The van der Waals surface area contributed by atoms with Crippen molar-refractivity contribution in [2.45, 2.75) is 24.8 Å². The van der Waals surface area contributed by atoms with Gasteiger partial charge in [-0.15, -0.1) is 11.6 Å². The zero-order valence-corrected chi connectivity index (χ0v) is 11.5. The number of hydrogen-bond acceptors (Lipinski definition) is 2. The van der Waals surface area contributed by atoms with Crippen molar-refractivity contribution in [2.24, 2.45) is 0 Å². The summed E-state index contributed by atoms with van der Waals surface area (Å²) in [6.45, 7) is 1.78. The van der Waals surface area contributed by atoms with E-state index in [4.69, 9.17) is 27.9 Å². The minimum Gasteiger partial charge on any atom is -0.376 e. The molecular weight excluding hydrogens is 257 g/mol. The molecule has 0 aromatic heterocycles. The summed E-state index contributed by atoms with van der Waals surface area (Å²) in [7, 11) is 2.06. The van der Waals surface area contributed by atoms with E-state index in [1.165, 1.54) is 0 Å². The van der Waals surface area contributed by atoms with E-state index in [0.717, 1.165) is 42.3 Å². The first kappa shape index (κ1) is 13.0. The van der Waals surface area contributed by atoms with Crippen LogP contribution >= 0.6 is 23.2 Å². The summed E-state index contributed by atoms with van der Waals surface area (Å²) >= 11 is 12.1. The summed E-state index contributed by atoms with van der Waals surface area (Å²) in [5.74, 6) is 0.435. The third kappa shape index (κ3) is 3.06. The van der Waals surface area contributed by atoms with Crippen LogP contribution in [0.4, 0.5) is 5.69 Å². The van der Waals surface area contributed by atoms with Crippen molar-refractivity contribution < 1.29 is 4.74 Å². The van der Waals surface area contributed by atoms with Gasteiger partial charge in [0.2, 0.25) is 0 Å². The van der Waals surface area contributed by atoms with E-state index < -0.39 is 0 Å². The Morgan fingerprint density at radius 3 is 2.94 bits per heavy atom. The summed E-state index contributed by atoms with van der Waals surface area (Å²) in [5, 5.41) is 0.733. The van der Waals surface area contributed by atoms with E-state index in [1.807, 2.05) is 12.1 Å². The van der Waals surface area contributed by atoms with Gasteiger partial charge in [-0.3, -0.25) is 0 Å². The zero-order chi connectivity index (χ0) is 12.3. The molecule has 1 aliphatic heterocycles. The molecule has 94 valence electrons. The highest BCUT2D eigenvalue weighted by Crippen LogP contribution is 2.29. The van der Waals surface area contributed by atoms with Crippen molar-refractivity contribution in [1.29, 1.82) is 0 Å². The number of hydrogen-bond donors (Lipinski definition) is 0. The third-order valence-corrected chi connectivity index (χ3v) is 3.76. The lowest BCUT2D eigenvalue weighted by Crippen LogP contribution is -2.29. The van der Waals surface area contributed by atoms with Crippen molar-refractivity contribution >= 4 is 28.9 Å². The SMILES string of the molecule is CN(CC1CCCO1)c1cccc(Cl)c1CCl. The van der Waals surface area contributed by atoms with Gasteiger partial charge in [0.1, 0.15) is 0 Å². The van der Waals surface area contributed by atoms with Crippen LogP contribution in [0.5, 0.6) is 0 Å². The van der Waals surface area contributed by atoms with Crippen molar-refractivity contribution in [3.8, 4) is 0 Å². The van der Waals surface area contributed by atoms with Gasteiger partial charge in [0.15, 0.2) is 0 Å². The fourth-order valence-electron chi connectivity index (χ4n) is 2.23. The van der Waals surface area contributed by atoms with Gasteiger partial charge in [0.25, 0.3) is 0 Å². The first-order valence-electron chi connectivity index (χ1n) is 5.88. The van der Waals surface area contributed by atoms with Gasteiger partial charge in [-0.2, -0.15) is 0 Å². The number of benzene rings is 1. The van der Waals surface area contributed by atoms with Crippen LogP contribution in [0.3, 0.4) is 0 Å². The molecule has 0 radical (unpaired) electrons. The molecule has 1 atom stereocenters. The molecule has 1 fully saturated rings. The van der Waals surface area contributed by atoms with Gasteiger partial charge in [-0.25, -0.2) is 0 Å². The molecule has 1 aromatic rings. The van der Waals surface area contributed by atoms with E-state index in [1.54, 1.807) is 0 Å². The molecule has 2 nitrogen and oxygen atoms in total. The van der Waals surface area contributed by atoms with E-state index >= 15 is 0 Å². The molecule has 0 amide bonds. The lowest BCUT2D eigenvalue weighted by Gasteiger charge is -2.25. The summed E-state index contributed by atoms with van der Waals surface area (Å²) in [6, 6.07) is 5.89. The lowest BCUT2D eigenvalue weighted by atomic mass is 10.1. The third-order valence-electron chi connectivity index (χ3n) is 3.14. The second-order valence-corrected chi connectivity index (χ2v) is 5.06. The Morgan fingerprint density at radius 1 is 1.47 bits per heavy atom. The Hall–Kier alpha value is -0.440. The van der Waals surface area contributed by atoms with Crippen LogP contribution in [-0.2, 0) is 10.6 Å². The van der Waals surface area contributed by atoms with Crippen LogP contribution in [0, 0.1) is 0 Å². The van der Waals surface area contributed by atoms with Gasteiger partial charge < -0.3 is 9.64 Å². The molecule has 1 heterocycles. The van der Waals surface area contributed by atoms with Gasteiger partial charge in [0, 0.05) is 36.5 Å². The quantitative estimate of drug-likeness (QED) is 0.776. The number of anilines is 1. The standard InChI is InChI=1S/C13H17Cl2NO/c1-16(9-10-4-3-7-17-10)13-6-2-5-12(15)11(13)8-14/h2,5-6,10H,3-4,7-9H2,1H3. The number of rotatable bonds is 4. The Bertz CT molecular complexity index is 378. The van der Waals surface area contributed by atoms with Crippen LogP contribution in [0.2, 0.25) is 5.02 Å². The topological polar surface area (TPSA) is 12.5 Å². The maximum absolute atomic E-state index is 6.15. The predicted molar refractivity (Wildman–Crippen MR) is 73.3 cm³/mol. The van der Waals surface area contributed by atoms with Gasteiger partial charge in [-0.05, 0) is 25.0 Å². The fourth-order valence-corrected chi connectivity index (χ4v) is 2.81. The predicted octanol–water partition coefficient (Wildman–Crippen LogP) is 3.69. The van der Waals surface area contributed by atoms with Crippen molar-refractivity contribution in [3.63, 3.8) is 0 Å². The Balaban J connectivity index is 2.12. The first-order chi connectivity index (χ1) is 8.22. The van der Waals surface area contributed by atoms with E-state index in [9.17, 15) is 0 Å². The van der Waals surface area contributed by atoms with Gasteiger partial charge in [0.05, 0.1) is 12.0 Å². The van der Waals surface area contributed by atoms with Gasteiger partial charge in [-0.1, -0.05) is 17.7 Å². The van der Waals surface area contributed by atoms with Crippen LogP contribution in [0.1, 0.15) is 18.4 Å². The largest absolute Gasteiger partial charge is 0.376 e. The second kappa shape index (κ2) is 5.94. The maximum atomic E-state index is 6.15. The molecule has 1 aliphatic rings. The minimum absolute atomic E-state index is 0.335. The van der Waals surface area contributed by atoms with Crippen molar-refractivity contribution in [1.82, 2.24) is 0 Å². The van der Waals surface area contributed by atoms with E-state index in [2.05, 4.69) is 18.0 Å². The van der Waals surface area contributed by atoms with Crippen LogP contribution in [0.15, 0.2) is 18.2 Å². The normalized spacial score (nSPS) is 19.6. The van der Waals surface area contributed by atoms with Crippen LogP contribution in [-0.4, -0.2) is 26.3 Å². The van der Waals surface area contributed by atoms with Crippen molar-refractivity contribution in [2.75, 3.05) is 25.1 Å². The summed E-state index contributed by atoms with van der Waals surface area (Å²) < 4.78 is 5.64. The highest BCUT2D eigenvalue weighted by Gasteiger charge is 2.19. The number of halogens is 2. The molecule has 17 heavy (non-hydrogen) atoms. The fraction of sp³-hybridized carbons (Fsp3) is 0.538. The number of alkyl halides is 1. The Kier molecular flexibility index (Phi) is 4.55. The molecule has 0 bridgehead atoms.